The number of thioether (sulfide) groups is 1. The minimum Gasteiger partial charge on any atom is -0.325 e. The summed E-state index contributed by atoms with van der Waals surface area (Å²) in [6.07, 6.45) is 2.91. The van der Waals surface area contributed by atoms with Gasteiger partial charge in [0.15, 0.2) is 0 Å². The Morgan fingerprint density at radius 3 is 2.54 bits per heavy atom. The van der Waals surface area contributed by atoms with Crippen molar-refractivity contribution in [3.63, 3.8) is 0 Å². The molecule has 26 heavy (non-hydrogen) atoms. The number of nitrogens with one attached hydrogen (secondary N) is 1. The number of halogens is 1. The highest BCUT2D eigenvalue weighted by Gasteiger charge is 2.40. The smallest absolute Gasteiger partial charge is 0.246 e. The molecule has 2 aromatic carbocycles. The van der Waals surface area contributed by atoms with Crippen LogP contribution in [0.5, 0.6) is 0 Å². The van der Waals surface area contributed by atoms with Gasteiger partial charge in [0.05, 0.1) is 0 Å². The fourth-order valence-corrected chi connectivity index (χ4v) is 5.10. The normalized spacial score (nSPS) is 18.0. The zero-order valence-electron chi connectivity index (χ0n) is 14.2. The highest BCUT2D eigenvalue weighted by molar-refractivity contribution is 7.98. The van der Waals surface area contributed by atoms with Crippen molar-refractivity contribution in [3.8, 4) is 0 Å². The second-order valence-electron chi connectivity index (χ2n) is 5.92. The van der Waals surface area contributed by atoms with Crippen molar-refractivity contribution in [2.45, 2.75) is 28.7 Å². The van der Waals surface area contributed by atoms with Crippen molar-refractivity contribution in [2.75, 3.05) is 18.1 Å². The first-order valence-corrected chi connectivity index (χ1v) is 10.8. The number of amides is 1. The molecule has 2 aromatic rings. The quantitative estimate of drug-likeness (QED) is 0.790. The summed E-state index contributed by atoms with van der Waals surface area (Å²) in [6.45, 7) is 0.195. The second kappa shape index (κ2) is 7.77. The van der Waals surface area contributed by atoms with Crippen molar-refractivity contribution < 1.29 is 17.6 Å². The Bertz CT molecular complexity index is 901. The molecular weight excluding hydrogens is 375 g/mol. The van der Waals surface area contributed by atoms with Gasteiger partial charge in [0.1, 0.15) is 16.8 Å². The Balaban J connectivity index is 1.81. The molecule has 1 heterocycles. The molecule has 1 fully saturated rings. The van der Waals surface area contributed by atoms with Gasteiger partial charge in [-0.1, -0.05) is 12.1 Å². The number of hydrogen-bond donors (Lipinski definition) is 1. The molecule has 8 heteroatoms. The summed E-state index contributed by atoms with van der Waals surface area (Å²) in [5.74, 6) is -1.22. The van der Waals surface area contributed by atoms with Crippen LogP contribution in [0.3, 0.4) is 0 Å². The third-order valence-electron chi connectivity index (χ3n) is 4.29. The minimum absolute atomic E-state index is 0.195. The van der Waals surface area contributed by atoms with E-state index in [1.165, 1.54) is 18.2 Å². The maximum Gasteiger partial charge on any atom is 0.246 e. The molecule has 0 spiro atoms. The summed E-state index contributed by atoms with van der Waals surface area (Å²) in [5, 5.41) is 2.76. The lowest BCUT2D eigenvalue weighted by Gasteiger charge is -2.23. The van der Waals surface area contributed by atoms with E-state index in [-0.39, 0.29) is 6.54 Å². The monoisotopic (exact) mass is 394 g/mol. The zero-order chi connectivity index (χ0) is 18.7. The Morgan fingerprint density at radius 1 is 1.19 bits per heavy atom. The van der Waals surface area contributed by atoms with Crippen molar-refractivity contribution in [2.24, 2.45) is 0 Å². The van der Waals surface area contributed by atoms with Crippen LogP contribution in [0.4, 0.5) is 10.1 Å². The Hall–Kier alpha value is -1.90. The van der Waals surface area contributed by atoms with Gasteiger partial charge >= 0.3 is 0 Å². The van der Waals surface area contributed by atoms with Crippen LogP contribution in [-0.4, -0.2) is 37.5 Å². The molecule has 3 rings (SSSR count). The average Bonchev–Trinajstić information content (AvgIpc) is 3.13. The topological polar surface area (TPSA) is 66.5 Å². The van der Waals surface area contributed by atoms with Gasteiger partial charge in [0.2, 0.25) is 15.9 Å². The van der Waals surface area contributed by atoms with E-state index in [1.807, 2.05) is 18.4 Å². The summed E-state index contributed by atoms with van der Waals surface area (Å²) in [5.41, 5.74) is 0.600. The number of sulfonamides is 1. The Morgan fingerprint density at radius 2 is 1.88 bits per heavy atom. The summed E-state index contributed by atoms with van der Waals surface area (Å²) < 4.78 is 40.7. The molecule has 0 radical (unpaired) electrons. The molecular formula is C18H19FN2O3S2. The zero-order valence-corrected chi connectivity index (χ0v) is 15.8. The van der Waals surface area contributed by atoms with E-state index >= 15 is 0 Å². The number of carbonyl (C=O) groups excluding carboxylic acids is 1. The molecule has 1 aliphatic rings. The van der Waals surface area contributed by atoms with Gasteiger partial charge in [-0.15, -0.1) is 11.8 Å². The van der Waals surface area contributed by atoms with Gasteiger partial charge in [0, 0.05) is 17.1 Å². The predicted octanol–water partition coefficient (Wildman–Crippen LogP) is 3.34. The third-order valence-corrected chi connectivity index (χ3v) is 6.97. The van der Waals surface area contributed by atoms with Crippen LogP contribution in [0, 0.1) is 5.82 Å². The van der Waals surface area contributed by atoms with Crippen LogP contribution in [0.1, 0.15) is 12.8 Å². The molecule has 5 nitrogen and oxygen atoms in total. The molecule has 0 bridgehead atoms. The molecule has 1 N–H and O–H groups in total. The first-order valence-electron chi connectivity index (χ1n) is 8.15. The van der Waals surface area contributed by atoms with Gasteiger partial charge in [-0.3, -0.25) is 4.79 Å². The summed E-state index contributed by atoms with van der Waals surface area (Å²) in [4.78, 5) is 13.3. The molecule has 1 aliphatic heterocycles. The van der Waals surface area contributed by atoms with Gasteiger partial charge in [-0.25, -0.2) is 12.8 Å². The fourth-order valence-electron chi connectivity index (χ4n) is 2.97. The van der Waals surface area contributed by atoms with Gasteiger partial charge < -0.3 is 5.32 Å². The summed E-state index contributed by atoms with van der Waals surface area (Å²) >= 11 is 1.59. The van der Waals surface area contributed by atoms with E-state index in [0.717, 1.165) is 15.3 Å². The Kier molecular flexibility index (Phi) is 5.64. The molecule has 0 aromatic heterocycles. The van der Waals surface area contributed by atoms with Crippen molar-refractivity contribution in [1.29, 1.82) is 0 Å². The highest BCUT2D eigenvalue weighted by Crippen LogP contribution is 2.28. The summed E-state index contributed by atoms with van der Waals surface area (Å²) in [6, 6.07) is 11.7. The van der Waals surface area contributed by atoms with Crippen LogP contribution < -0.4 is 5.32 Å². The predicted molar refractivity (Wildman–Crippen MR) is 100 cm³/mol. The second-order valence-corrected chi connectivity index (χ2v) is 8.66. The molecule has 0 saturated carbocycles. The highest BCUT2D eigenvalue weighted by atomic mass is 32.2. The van der Waals surface area contributed by atoms with E-state index in [1.54, 1.807) is 23.9 Å². The van der Waals surface area contributed by atoms with Crippen LogP contribution >= 0.6 is 11.8 Å². The molecule has 1 unspecified atom stereocenters. The number of rotatable bonds is 5. The molecule has 0 aliphatic carbocycles. The van der Waals surface area contributed by atoms with Gasteiger partial charge in [-0.05, 0) is 55.5 Å². The van der Waals surface area contributed by atoms with Gasteiger partial charge in [0.25, 0.3) is 0 Å². The van der Waals surface area contributed by atoms with Crippen LogP contribution in [-0.2, 0) is 14.8 Å². The lowest BCUT2D eigenvalue weighted by Crippen LogP contribution is -2.43. The lowest BCUT2D eigenvalue weighted by molar-refractivity contribution is -0.119. The van der Waals surface area contributed by atoms with E-state index < -0.39 is 32.7 Å². The number of nitrogens with zero attached hydrogens (tertiary/aromatic N) is 1. The largest absolute Gasteiger partial charge is 0.325 e. The first kappa shape index (κ1) is 18.9. The van der Waals surface area contributed by atoms with E-state index in [4.69, 9.17) is 0 Å². The average molecular weight is 394 g/mol. The van der Waals surface area contributed by atoms with Gasteiger partial charge in [-0.2, -0.15) is 4.31 Å². The van der Waals surface area contributed by atoms with Crippen molar-refractivity contribution in [3.05, 3.63) is 54.3 Å². The number of benzene rings is 2. The molecule has 138 valence electrons. The molecule has 1 atom stereocenters. The lowest BCUT2D eigenvalue weighted by atomic mass is 10.2. The summed E-state index contributed by atoms with van der Waals surface area (Å²) in [7, 11) is -4.07. The van der Waals surface area contributed by atoms with Crippen molar-refractivity contribution in [1.82, 2.24) is 4.31 Å². The van der Waals surface area contributed by atoms with E-state index in [2.05, 4.69) is 5.32 Å². The Labute approximate surface area is 156 Å². The van der Waals surface area contributed by atoms with Crippen LogP contribution in [0.25, 0.3) is 0 Å². The maximum absolute atomic E-state index is 14.0. The molecule has 1 saturated heterocycles. The number of anilines is 1. The van der Waals surface area contributed by atoms with E-state index in [0.29, 0.717) is 18.5 Å². The molecule has 1 amide bonds. The van der Waals surface area contributed by atoms with Crippen LogP contribution in [0.2, 0.25) is 0 Å². The maximum atomic E-state index is 14.0. The van der Waals surface area contributed by atoms with Crippen molar-refractivity contribution >= 4 is 33.4 Å². The number of carbonyl (C=O) groups is 1. The van der Waals surface area contributed by atoms with E-state index in [9.17, 15) is 17.6 Å². The first-order chi connectivity index (χ1) is 12.4. The SMILES string of the molecule is CSc1ccc(NC(=O)C2CCCN2S(=O)(=O)c2ccccc2F)cc1. The fraction of sp³-hybridized carbons (Fsp3) is 0.278. The van der Waals surface area contributed by atoms with Crippen LogP contribution in [0.15, 0.2) is 58.3 Å². The number of hydrogen-bond acceptors (Lipinski definition) is 4. The third kappa shape index (κ3) is 3.77. The standard InChI is InChI=1S/C18H19FN2O3S2/c1-25-14-10-8-13(9-11-14)20-18(22)16-6-4-12-21(16)26(23,24)17-7-3-2-5-15(17)19/h2-3,5,7-11,16H,4,6,12H2,1H3,(H,20,22). The minimum atomic E-state index is -4.07.